The quantitative estimate of drug-likeness (QED) is 0.867. The fourth-order valence-corrected chi connectivity index (χ4v) is 2.11. The van der Waals surface area contributed by atoms with Crippen LogP contribution in [-0.2, 0) is 20.1 Å². The van der Waals surface area contributed by atoms with E-state index in [-0.39, 0.29) is 0 Å². The lowest BCUT2D eigenvalue weighted by atomic mass is 10.5. The first-order valence-corrected chi connectivity index (χ1v) is 6.01. The SMILES string of the molecule is Cc1csc(CNCc2nnc(C)n2C)n1. The van der Waals surface area contributed by atoms with Gasteiger partial charge in [-0.15, -0.1) is 21.5 Å². The first-order chi connectivity index (χ1) is 7.66. The second-order valence-electron chi connectivity index (χ2n) is 3.71. The number of hydrogen-bond donors (Lipinski definition) is 1. The topological polar surface area (TPSA) is 55.6 Å². The molecule has 0 aliphatic rings. The summed E-state index contributed by atoms with van der Waals surface area (Å²) in [6, 6.07) is 0. The zero-order chi connectivity index (χ0) is 11.5. The van der Waals surface area contributed by atoms with Gasteiger partial charge in [0.2, 0.25) is 0 Å². The molecule has 0 aliphatic carbocycles. The number of aryl methyl sites for hydroxylation is 2. The lowest BCUT2D eigenvalue weighted by Gasteiger charge is -2.02. The molecule has 0 saturated heterocycles. The highest BCUT2D eigenvalue weighted by molar-refractivity contribution is 7.09. The lowest BCUT2D eigenvalue weighted by molar-refractivity contribution is 0.632. The number of aromatic nitrogens is 4. The first kappa shape index (κ1) is 11.2. The Labute approximate surface area is 98.5 Å². The maximum atomic E-state index is 4.38. The van der Waals surface area contributed by atoms with E-state index in [4.69, 9.17) is 0 Å². The molecule has 0 saturated carbocycles. The van der Waals surface area contributed by atoms with Crippen molar-refractivity contribution in [2.75, 3.05) is 0 Å². The Morgan fingerprint density at radius 2 is 2.12 bits per heavy atom. The molecule has 2 heterocycles. The second-order valence-corrected chi connectivity index (χ2v) is 4.65. The first-order valence-electron chi connectivity index (χ1n) is 5.13. The zero-order valence-electron chi connectivity index (χ0n) is 9.69. The van der Waals surface area contributed by atoms with E-state index in [0.717, 1.165) is 35.4 Å². The van der Waals surface area contributed by atoms with Crippen LogP contribution in [0.2, 0.25) is 0 Å². The molecule has 0 aliphatic heterocycles. The van der Waals surface area contributed by atoms with Crippen LogP contribution in [0.4, 0.5) is 0 Å². The Morgan fingerprint density at radius 3 is 2.69 bits per heavy atom. The van der Waals surface area contributed by atoms with E-state index in [1.54, 1.807) is 11.3 Å². The molecule has 2 aromatic rings. The molecule has 2 rings (SSSR count). The van der Waals surface area contributed by atoms with Crippen LogP contribution in [0, 0.1) is 13.8 Å². The van der Waals surface area contributed by atoms with E-state index in [2.05, 4.69) is 25.9 Å². The predicted octanol–water partition coefficient (Wildman–Crippen LogP) is 1.18. The number of nitrogens with one attached hydrogen (secondary N) is 1. The third kappa shape index (κ3) is 2.45. The fourth-order valence-electron chi connectivity index (χ4n) is 1.37. The molecule has 5 nitrogen and oxygen atoms in total. The Balaban J connectivity index is 1.86. The largest absolute Gasteiger partial charge is 0.317 e. The van der Waals surface area contributed by atoms with Gasteiger partial charge in [-0.3, -0.25) is 0 Å². The summed E-state index contributed by atoms with van der Waals surface area (Å²) in [4.78, 5) is 4.38. The molecule has 6 heteroatoms. The van der Waals surface area contributed by atoms with Gasteiger partial charge in [0.25, 0.3) is 0 Å². The number of nitrogens with zero attached hydrogens (tertiary/aromatic N) is 4. The van der Waals surface area contributed by atoms with Crippen molar-refractivity contribution in [2.24, 2.45) is 7.05 Å². The van der Waals surface area contributed by atoms with Gasteiger partial charge in [0.15, 0.2) is 0 Å². The third-order valence-electron chi connectivity index (χ3n) is 2.41. The smallest absolute Gasteiger partial charge is 0.146 e. The molecular formula is C10H15N5S. The molecule has 0 radical (unpaired) electrons. The molecule has 2 aromatic heterocycles. The summed E-state index contributed by atoms with van der Waals surface area (Å²) in [6.07, 6.45) is 0. The normalized spacial score (nSPS) is 10.9. The van der Waals surface area contributed by atoms with Gasteiger partial charge in [-0.25, -0.2) is 4.98 Å². The minimum atomic E-state index is 0.718. The maximum Gasteiger partial charge on any atom is 0.146 e. The van der Waals surface area contributed by atoms with Gasteiger partial charge in [0, 0.05) is 24.7 Å². The van der Waals surface area contributed by atoms with Crippen molar-refractivity contribution < 1.29 is 0 Å². The second kappa shape index (κ2) is 4.71. The number of thiazole rings is 1. The van der Waals surface area contributed by atoms with E-state index >= 15 is 0 Å². The van der Waals surface area contributed by atoms with Crippen LogP contribution in [0.5, 0.6) is 0 Å². The van der Waals surface area contributed by atoms with Gasteiger partial charge in [0.05, 0.1) is 6.54 Å². The highest BCUT2D eigenvalue weighted by Crippen LogP contribution is 2.08. The molecule has 0 bridgehead atoms. The molecule has 86 valence electrons. The van der Waals surface area contributed by atoms with Gasteiger partial charge < -0.3 is 9.88 Å². The monoisotopic (exact) mass is 237 g/mol. The molecule has 0 atom stereocenters. The average Bonchev–Trinajstić information content (AvgIpc) is 2.79. The maximum absolute atomic E-state index is 4.38. The van der Waals surface area contributed by atoms with Crippen molar-refractivity contribution in [2.45, 2.75) is 26.9 Å². The molecule has 0 unspecified atom stereocenters. The Morgan fingerprint density at radius 1 is 1.31 bits per heavy atom. The number of rotatable bonds is 4. The predicted molar refractivity (Wildman–Crippen MR) is 63.1 cm³/mol. The van der Waals surface area contributed by atoms with Crippen LogP contribution >= 0.6 is 11.3 Å². The zero-order valence-corrected chi connectivity index (χ0v) is 10.5. The molecule has 0 amide bonds. The third-order valence-corrected chi connectivity index (χ3v) is 3.38. The van der Waals surface area contributed by atoms with Crippen LogP contribution < -0.4 is 5.32 Å². The summed E-state index contributed by atoms with van der Waals surface area (Å²) in [5.74, 6) is 1.88. The van der Waals surface area contributed by atoms with Crippen molar-refractivity contribution in [1.82, 2.24) is 25.1 Å². The van der Waals surface area contributed by atoms with Crippen molar-refractivity contribution in [3.63, 3.8) is 0 Å². The van der Waals surface area contributed by atoms with Crippen molar-refractivity contribution in [1.29, 1.82) is 0 Å². The van der Waals surface area contributed by atoms with Crippen molar-refractivity contribution in [3.05, 3.63) is 27.7 Å². The van der Waals surface area contributed by atoms with Gasteiger partial charge in [0.1, 0.15) is 16.7 Å². The summed E-state index contributed by atoms with van der Waals surface area (Å²) in [5.41, 5.74) is 1.08. The highest BCUT2D eigenvalue weighted by Gasteiger charge is 2.04. The van der Waals surface area contributed by atoms with Crippen molar-refractivity contribution in [3.8, 4) is 0 Å². The lowest BCUT2D eigenvalue weighted by Crippen LogP contribution is -2.16. The molecular weight excluding hydrogens is 222 g/mol. The summed E-state index contributed by atoms with van der Waals surface area (Å²) < 4.78 is 1.99. The van der Waals surface area contributed by atoms with E-state index < -0.39 is 0 Å². The van der Waals surface area contributed by atoms with Gasteiger partial charge in [-0.2, -0.15) is 0 Å². The van der Waals surface area contributed by atoms with E-state index in [1.165, 1.54) is 0 Å². The van der Waals surface area contributed by atoms with Crippen LogP contribution in [-0.4, -0.2) is 19.7 Å². The minimum absolute atomic E-state index is 0.718. The van der Waals surface area contributed by atoms with Crippen LogP contribution in [0.1, 0.15) is 22.4 Å². The summed E-state index contributed by atoms with van der Waals surface area (Å²) in [7, 11) is 1.97. The fraction of sp³-hybridized carbons (Fsp3) is 0.500. The molecule has 0 spiro atoms. The van der Waals surface area contributed by atoms with Gasteiger partial charge >= 0.3 is 0 Å². The van der Waals surface area contributed by atoms with Crippen LogP contribution in [0.3, 0.4) is 0 Å². The van der Waals surface area contributed by atoms with Crippen LogP contribution in [0.15, 0.2) is 5.38 Å². The summed E-state index contributed by atoms with van der Waals surface area (Å²) in [6.45, 7) is 5.45. The highest BCUT2D eigenvalue weighted by atomic mass is 32.1. The van der Waals surface area contributed by atoms with Crippen LogP contribution in [0.25, 0.3) is 0 Å². The Bertz CT molecular complexity index is 473. The molecule has 0 aromatic carbocycles. The van der Waals surface area contributed by atoms with Crippen molar-refractivity contribution >= 4 is 11.3 Å². The Kier molecular flexibility index (Phi) is 3.31. The molecule has 1 N–H and O–H groups in total. The minimum Gasteiger partial charge on any atom is -0.317 e. The van der Waals surface area contributed by atoms with E-state index in [9.17, 15) is 0 Å². The summed E-state index contributed by atoms with van der Waals surface area (Å²) in [5, 5.41) is 14.6. The van der Waals surface area contributed by atoms with E-state index in [0.29, 0.717) is 0 Å². The Hall–Kier alpha value is -1.27. The van der Waals surface area contributed by atoms with E-state index in [1.807, 2.05) is 25.5 Å². The average molecular weight is 237 g/mol. The molecule has 16 heavy (non-hydrogen) atoms. The molecule has 0 fully saturated rings. The van der Waals surface area contributed by atoms with Gasteiger partial charge in [-0.05, 0) is 13.8 Å². The van der Waals surface area contributed by atoms with Gasteiger partial charge in [-0.1, -0.05) is 0 Å². The number of hydrogen-bond acceptors (Lipinski definition) is 5. The standard InChI is InChI=1S/C10H15N5S/c1-7-6-16-10(12-7)5-11-4-9-14-13-8(2)15(9)3/h6,11H,4-5H2,1-3H3. The summed E-state index contributed by atoms with van der Waals surface area (Å²) >= 11 is 1.68.